The van der Waals surface area contributed by atoms with Gasteiger partial charge in [0.2, 0.25) is 0 Å². The fraction of sp³-hybridized carbons (Fsp3) is 0.368. The van der Waals surface area contributed by atoms with Crippen LogP contribution in [-0.4, -0.2) is 31.8 Å². The van der Waals surface area contributed by atoms with Gasteiger partial charge in [-0.15, -0.1) is 0 Å². The highest BCUT2D eigenvalue weighted by Gasteiger charge is 2.39. The Balaban J connectivity index is 2.69. The van der Waals surface area contributed by atoms with Crippen LogP contribution in [0.2, 0.25) is 5.02 Å². The van der Waals surface area contributed by atoms with Gasteiger partial charge in [0.25, 0.3) is 0 Å². The molecule has 5 nitrogen and oxygen atoms in total. The zero-order valence-electron chi connectivity index (χ0n) is 15.1. The summed E-state index contributed by atoms with van der Waals surface area (Å²) in [6.45, 7) is 4.18. The molecule has 0 fully saturated rings. The molecule has 1 aliphatic rings. The Morgan fingerprint density at radius 1 is 1.27 bits per heavy atom. The van der Waals surface area contributed by atoms with Gasteiger partial charge in [0.15, 0.2) is 0 Å². The summed E-state index contributed by atoms with van der Waals surface area (Å²) in [6.07, 6.45) is -0.351. The molecule has 2 rings (SSSR count). The summed E-state index contributed by atoms with van der Waals surface area (Å²) >= 11 is 6.09. The standard InChI is InChI=1S/C19H21ClFNO4/c1-10(2)26-19(24)15-11(3)22-14(9-21)17(18(23)25-4)16(15)12-6-5-7-13(20)8-12/h5-8,10,16,22H,9H2,1-4H3. The first-order valence-corrected chi connectivity index (χ1v) is 8.49. The highest BCUT2D eigenvalue weighted by atomic mass is 35.5. The highest BCUT2D eigenvalue weighted by molar-refractivity contribution is 6.30. The van der Waals surface area contributed by atoms with E-state index in [1.807, 2.05) is 0 Å². The first-order chi connectivity index (χ1) is 12.3. The Morgan fingerprint density at radius 2 is 1.96 bits per heavy atom. The normalized spacial score (nSPS) is 17.3. The third-order valence-corrected chi connectivity index (χ3v) is 4.16. The van der Waals surface area contributed by atoms with Gasteiger partial charge in [-0.2, -0.15) is 0 Å². The van der Waals surface area contributed by atoms with E-state index in [1.165, 1.54) is 7.11 Å². The van der Waals surface area contributed by atoms with Crippen molar-refractivity contribution in [1.82, 2.24) is 5.32 Å². The van der Waals surface area contributed by atoms with Crippen LogP contribution in [0.3, 0.4) is 0 Å². The summed E-state index contributed by atoms with van der Waals surface area (Å²) in [5.74, 6) is -2.16. The second-order valence-corrected chi connectivity index (χ2v) is 6.56. The number of carbonyl (C=O) groups is 2. The van der Waals surface area contributed by atoms with Gasteiger partial charge >= 0.3 is 11.9 Å². The van der Waals surface area contributed by atoms with Crippen molar-refractivity contribution in [2.75, 3.05) is 13.8 Å². The molecule has 1 atom stereocenters. The number of halogens is 2. The molecule has 0 spiro atoms. The SMILES string of the molecule is COC(=O)C1=C(CF)NC(C)=C(C(=O)OC(C)C)C1c1cccc(Cl)c1. The predicted octanol–water partition coefficient (Wildman–Crippen LogP) is 3.65. The van der Waals surface area contributed by atoms with Crippen LogP contribution in [0.1, 0.15) is 32.3 Å². The van der Waals surface area contributed by atoms with E-state index in [1.54, 1.807) is 45.0 Å². The summed E-state index contributed by atoms with van der Waals surface area (Å²) in [5, 5.41) is 3.23. The Labute approximate surface area is 156 Å². The van der Waals surface area contributed by atoms with E-state index in [-0.39, 0.29) is 22.9 Å². The summed E-state index contributed by atoms with van der Waals surface area (Å²) in [5.41, 5.74) is 1.29. The van der Waals surface area contributed by atoms with Gasteiger partial charge in [0.05, 0.1) is 36.0 Å². The van der Waals surface area contributed by atoms with Crippen molar-refractivity contribution in [2.45, 2.75) is 32.8 Å². The van der Waals surface area contributed by atoms with E-state index in [2.05, 4.69) is 5.32 Å². The van der Waals surface area contributed by atoms with E-state index in [0.717, 1.165) is 0 Å². The Morgan fingerprint density at radius 3 is 2.50 bits per heavy atom. The highest BCUT2D eigenvalue weighted by Crippen LogP contribution is 2.40. The first kappa shape index (κ1) is 20.0. The van der Waals surface area contributed by atoms with Gasteiger partial charge in [-0.3, -0.25) is 0 Å². The Kier molecular flexibility index (Phi) is 6.42. The average molecular weight is 382 g/mol. The fourth-order valence-corrected chi connectivity index (χ4v) is 3.12. The van der Waals surface area contributed by atoms with E-state index >= 15 is 0 Å². The molecule has 140 valence electrons. The number of methoxy groups -OCH3 is 1. The molecule has 1 aromatic rings. The molecule has 0 amide bonds. The number of carbonyl (C=O) groups excluding carboxylic acids is 2. The zero-order valence-corrected chi connectivity index (χ0v) is 15.8. The maximum atomic E-state index is 13.6. The summed E-state index contributed by atoms with van der Waals surface area (Å²) in [4.78, 5) is 25.1. The van der Waals surface area contributed by atoms with Crippen LogP contribution in [0, 0.1) is 0 Å². The number of hydrogen-bond acceptors (Lipinski definition) is 5. The van der Waals surface area contributed by atoms with Gasteiger partial charge in [0, 0.05) is 10.7 Å². The maximum absolute atomic E-state index is 13.6. The lowest BCUT2D eigenvalue weighted by Gasteiger charge is -2.31. The molecule has 0 radical (unpaired) electrons. The Hall–Kier alpha value is -2.34. The molecule has 0 aromatic heterocycles. The largest absolute Gasteiger partial charge is 0.466 e. The number of nitrogens with one attached hydrogen (secondary N) is 1. The van der Waals surface area contributed by atoms with Gasteiger partial charge < -0.3 is 14.8 Å². The van der Waals surface area contributed by atoms with Crippen LogP contribution in [0.5, 0.6) is 0 Å². The predicted molar refractivity (Wildman–Crippen MR) is 96.3 cm³/mol. The number of rotatable bonds is 5. The number of allylic oxidation sites excluding steroid dienone is 2. The molecular formula is C19H21ClFNO4. The lowest BCUT2D eigenvalue weighted by atomic mass is 9.80. The number of dihydropyridines is 1. The molecule has 0 bridgehead atoms. The van der Waals surface area contributed by atoms with E-state index in [9.17, 15) is 14.0 Å². The molecule has 1 aliphatic heterocycles. The van der Waals surface area contributed by atoms with Crippen molar-refractivity contribution >= 4 is 23.5 Å². The summed E-state index contributed by atoms with van der Waals surface area (Å²) in [7, 11) is 1.21. The Bertz CT molecular complexity index is 785. The second kappa shape index (κ2) is 8.36. The third kappa shape index (κ3) is 4.07. The van der Waals surface area contributed by atoms with Crippen molar-refractivity contribution < 1.29 is 23.5 Å². The van der Waals surface area contributed by atoms with Gasteiger partial charge in [-0.05, 0) is 38.5 Å². The van der Waals surface area contributed by atoms with Crippen LogP contribution in [0.15, 0.2) is 46.8 Å². The lowest BCUT2D eigenvalue weighted by Crippen LogP contribution is -2.34. The number of alkyl halides is 1. The van der Waals surface area contributed by atoms with Crippen LogP contribution in [-0.2, 0) is 19.1 Å². The van der Waals surface area contributed by atoms with E-state index in [4.69, 9.17) is 21.1 Å². The molecule has 1 unspecified atom stereocenters. The number of esters is 2. The molecule has 0 saturated carbocycles. The quantitative estimate of drug-likeness (QED) is 0.789. The first-order valence-electron chi connectivity index (χ1n) is 8.11. The average Bonchev–Trinajstić information content (AvgIpc) is 2.59. The van der Waals surface area contributed by atoms with Crippen molar-refractivity contribution in [3.8, 4) is 0 Å². The van der Waals surface area contributed by atoms with Crippen LogP contribution in [0.4, 0.5) is 4.39 Å². The van der Waals surface area contributed by atoms with Crippen molar-refractivity contribution in [3.05, 3.63) is 57.4 Å². The van der Waals surface area contributed by atoms with Gasteiger partial charge in [0.1, 0.15) is 6.67 Å². The fourth-order valence-electron chi connectivity index (χ4n) is 2.92. The van der Waals surface area contributed by atoms with Crippen molar-refractivity contribution in [2.24, 2.45) is 0 Å². The molecule has 1 heterocycles. The second-order valence-electron chi connectivity index (χ2n) is 6.12. The monoisotopic (exact) mass is 381 g/mol. The molecule has 0 saturated heterocycles. The zero-order chi connectivity index (χ0) is 19.4. The molecule has 7 heteroatoms. The smallest absolute Gasteiger partial charge is 0.337 e. The van der Waals surface area contributed by atoms with Crippen LogP contribution >= 0.6 is 11.6 Å². The topological polar surface area (TPSA) is 64.6 Å². The van der Waals surface area contributed by atoms with Crippen molar-refractivity contribution in [3.63, 3.8) is 0 Å². The summed E-state index contributed by atoms with van der Waals surface area (Å²) < 4.78 is 23.8. The van der Waals surface area contributed by atoms with Crippen LogP contribution in [0.25, 0.3) is 0 Å². The minimum atomic E-state index is -0.911. The van der Waals surface area contributed by atoms with E-state index < -0.39 is 24.5 Å². The molecular weight excluding hydrogens is 361 g/mol. The maximum Gasteiger partial charge on any atom is 0.337 e. The lowest BCUT2D eigenvalue weighted by molar-refractivity contribution is -0.143. The minimum Gasteiger partial charge on any atom is -0.466 e. The van der Waals surface area contributed by atoms with Crippen LogP contribution < -0.4 is 5.32 Å². The molecule has 0 aliphatic carbocycles. The molecule has 1 aromatic carbocycles. The van der Waals surface area contributed by atoms with Gasteiger partial charge in [-0.1, -0.05) is 23.7 Å². The molecule has 26 heavy (non-hydrogen) atoms. The molecule has 1 N–H and O–H groups in total. The third-order valence-electron chi connectivity index (χ3n) is 3.93. The van der Waals surface area contributed by atoms with Crippen molar-refractivity contribution in [1.29, 1.82) is 0 Å². The number of benzene rings is 1. The van der Waals surface area contributed by atoms with Gasteiger partial charge in [-0.25, -0.2) is 14.0 Å². The van der Waals surface area contributed by atoms with E-state index in [0.29, 0.717) is 16.3 Å². The minimum absolute atomic E-state index is 0.0265. The number of ether oxygens (including phenoxy) is 2. The summed E-state index contributed by atoms with van der Waals surface area (Å²) in [6, 6.07) is 6.72. The number of hydrogen-bond donors (Lipinski definition) is 1.